The van der Waals surface area contributed by atoms with E-state index in [0.29, 0.717) is 15.6 Å². The molecule has 2 atom stereocenters. The van der Waals surface area contributed by atoms with E-state index < -0.39 is 23.1 Å². The van der Waals surface area contributed by atoms with Crippen LogP contribution in [0.4, 0.5) is 4.39 Å². The number of nitrogens with zero attached hydrogens (tertiary/aromatic N) is 1. The predicted molar refractivity (Wildman–Crippen MR) is 112 cm³/mol. The number of halogens is 4. The molecule has 3 N–H and O–H groups in total. The highest BCUT2D eigenvalue weighted by atomic mass is 35.5. The monoisotopic (exact) mass is 473 g/mol. The number of carbonyl (C=O) groups excluding carboxylic acids is 2. The van der Waals surface area contributed by atoms with Crippen LogP contribution < -0.4 is 10.6 Å². The molecular weight excluding hydrogens is 456 g/mol. The smallest absolute Gasteiger partial charge is 0.262 e. The Balaban J connectivity index is 1.82. The highest BCUT2D eigenvalue weighted by Crippen LogP contribution is 2.45. The molecule has 0 spiro atoms. The summed E-state index contributed by atoms with van der Waals surface area (Å²) in [6.45, 7) is -0.188. The Morgan fingerprint density at radius 3 is 2.67 bits per heavy atom. The predicted octanol–water partition coefficient (Wildman–Crippen LogP) is 3.21. The minimum Gasteiger partial charge on any atom is -0.382 e. The van der Waals surface area contributed by atoms with Gasteiger partial charge in [-0.25, -0.2) is 4.39 Å². The number of aromatic nitrogens is 1. The van der Waals surface area contributed by atoms with Gasteiger partial charge in [-0.05, 0) is 36.6 Å². The molecule has 0 radical (unpaired) electrons. The van der Waals surface area contributed by atoms with Gasteiger partial charge in [0.25, 0.3) is 5.91 Å². The molecule has 0 aliphatic heterocycles. The molecule has 0 unspecified atom stereocenters. The summed E-state index contributed by atoms with van der Waals surface area (Å²) < 4.78 is 15.9. The molecule has 0 bridgehead atoms. The lowest BCUT2D eigenvalue weighted by atomic mass is 9.74. The van der Waals surface area contributed by atoms with Gasteiger partial charge < -0.3 is 15.7 Å². The third kappa shape index (κ3) is 4.54. The fourth-order valence-corrected chi connectivity index (χ4v) is 3.98. The van der Waals surface area contributed by atoms with E-state index in [2.05, 4.69) is 15.6 Å². The molecule has 1 heterocycles. The van der Waals surface area contributed by atoms with Crippen molar-refractivity contribution >= 4 is 46.6 Å². The maximum atomic E-state index is 15.9. The van der Waals surface area contributed by atoms with Crippen LogP contribution in [0.1, 0.15) is 29.7 Å². The van der Waals surface area contributed by atoms with Gasteiger partial charge in [-0.2, -0.15) is 0 Å². The molecule has 0 saturated carbocycles. The number of hydrogen-bond donors (Lipinski definition) is 3. The lowest BCUT2D eigenvalue weighted by Crippen LogP contribution is -2.51. The second-order valence-corrected chi connectivity index (χ2v) is 8.17. The van der Waals surface area contributed by atoms with Gasteiger partial charge in [-0.15, -0.1) is 11.6 Å². The van der Waals surface area contributed by atoms with Crippen LogP contribution in [0.25, 0.3) is 0 Å². The first-order chi connectivity index (χ1) is 14.2. The maximum absolute atomic E-state index is 15.9. The zero-order chi connectivity index (χ0) is 21.9. The van der Waals surface area contributed by atoms with Crippen molar-refractivity contribution in [3.63, 3.8) is 0 Å². The van der Waals surface area contributed by atoms with Gasteiger partial charge in [0.2, 0.25) is 11.6 Å². The van der Waals surface area contributed by atoms with E-state index in [1.165, 1.54) is 24.4 Å². The van der Waals surface area contributed by atoms with Crippen molar-refractivity contribution < 1.29 is 19.1 Å². The lowest BCUT2D eigenvalue weighted by molar-refractivity contribution is -0.137. The van der Waals surface area contributed by atoms with Gasteiger partial charge >= 0.3 is 0 Å². The van der Waals surface area contributed by atoms with Crippen molar-refractivity contribution in [1.29, 1.82) is 0 Å². The van der Waals surface area contributed by atoms with E-state index in [9.17, 15) is 14.7 Å². The Bertz CT molecular complexity index is 977. The van der Waals surface area contributed by atoms with E-state index in [1.54, 1.807) is 12.1 Å². The number of hydrogen-bond acceptors (Lipinski definition) is 4. The second kappa shape index (κ2) is 9.06. The second-order valence-electron chi connectivity index (χ2n) is 7.06. The molecule has 1 aliphatic carbocycles. The molecule has 2 aromatic rings. The number of amides is 2. The van der Waals surface area contributed by atoms with Crippen LogP contribution in [-0.4, -0.2) is 34.3 Å². The molecule has 2 amide bonds. The third-order valence-corrected chi connectivity index (χ3v) is 5.90. The zero-order valence-electron chi connectivity index (χ0n) is 15.7. The van der Waals surface area contributed by atoms with Crippen molar-refractivity contribution in [3.8, 4) is 0 Å². The summed E-state index contributed by atoms with van der Waals surface area (Å²) in [4.78, 5) is 28.4. The van der Waals surface area contributed by atoms with Crippen LogP contribution in [0, 0.1) is 0 Å². The van der Waals surface area contributed by atoms with Gasteiger partial charge in [0.15, 0.2) is 0 Å². The average Bonchev–Trinajstić information content (AvgIpc) is 2.74. The summed E-state index contributed by atoms with van der Waals surface area (Å²) in [5, 5.41) is 16.9. The van der Waals surface area contributed by atoms with Crippen molar-refractivity contribution in [3.05, 3.63) is 63.4 Å². The highest BCUT2D eigenvalue weighted by molar-refractivity contribution is 6.35. The van der Waals surface area contributed by atoms with Crippen LogP contribution in [0.5, 0.6) is 0 Å². The molecule has 10 heteroatoms. The van der Waals surface area contributed by atoms with E-state index in [0.717, 1.165) is 0 Å². The summed E-state index contributed by atoms with van der Waals surface area (Å²) in [6.07, 6.45) is 0.981. The topological polar surface area (TPSA) is 91.3 Å². The first-order valence-electron chi connectivity index (χ1n) is 9.12. The number of rotatable bonds is 6. The van der Waals surface area contributed by atoms with Gasteiger partial charge in [0.05, 0.1) is 12.2 Å². The van der Waals surface area contributed by atoms with Gasteiger partial charge in [0.1, 0.15) is 11.5 Å². The summed E-state index contributed by atoms with van der Waals surface area (Å²) in [6, 6.07) is 7.69. The lowest BCUT2D eigenvalue weighted by Gasteiger charge is -2.39. The number of benzene rings is 1. The molecule has 160 valence electrons. The Morgan fingerprint density at radius 2 is 1.97 bits per heavy atom. The van der Waals surface area contributed by atoms with Crippen LogP contribution in [0.15, 0.2) is 36.5 Å². The average molecular weight is 475 g/mol. The third-order valence-electron chi connectivity index (χ3n) is 5.07. The Kier molecular flexibility index (Phi) is 6.87. The molecule has 1 aromatic heterocycles. The minimum atomic E-state index is -2.40. The largest absolute Gasteiger partial charge is 0.382 e. The van der Waals surface area contributed by atoms with E-state index in [1.807, 2.05) is 0 Å². The fraction of sp³-hybridized carbons (Fsp3) is 0.350. The fourth-order valence-electron chi connectivity index (χ4n) is 3.41. The summed E-state index contributed by atoms with van der Waals surface area (Å²) in [5.74, 6) is -1.61. The van der Waals surface area contributed by atoms with Crippen LogP contribution in [0.2, 0.25) is 10.0 Å². The van der Waals surface area contributed by atoms with Crippen molar-refractivity contribution in [2.24, 2.45) is 0 Å². The van der Waals surface area contributed by atoms with Crippen LogP contribution >= 0.6 is 34.8 Å². The first-order valence-corrected chi connectivity index (χ1v) is 10.4. The Morgan fingerprint density at radius 1 is 1.20 bits per heavy atom. The summed E-state index contributed by atoms with van der Waals surface area (Å²) in [7, 11) is 0. The van der Waals surface area contributed by atoms with E-state index in [4.69, 9.17) is 34.8 Å². The summed E-state index contributed by atoms with van der Waals surface area (Å²) >= 11 is 17.4. The number of nitrogens with one attached hydrogen (secondary N) is 2. The van der Waals surface area contributed by atoms with Gasteiger partial charge in [-0.3, -0.25) is 14.6 Å². The number of pyridine rings is 1. The molecule has 1 aromatic carbocycles. The number of aliphatic hydroxyl groups is 1. The molecule has 30 heavy (non-hydrogen) atoms. The molecule has 1 aliphatic rings. The molecular formula is C20H19Cl3FN3O3. The van der Waals surface area contributed by atoms with Crippen molar-refractivity contribution in [2.45, 2.75) is 30.7 Å². The highest BCUT2D eigenvalue weighted by Gasteiger charge is 2.52. The molecule has 3 rings (SSSR count). The minimum absolute atomic E-state index is 0.00610. The molecule has 6 nitrogen and oxygen atoms in total. The number of fused-ring (bicyclic) bond motifs is 1. The Hall–Kier alpha value is -1.93. The van der Waals surface area contributed by atoms with Gasteiger partial charge in [0, 0.05) is 28.4 Å². The van der Waals surface area contributed by atoms with E-state index >= 15 is 4.39 Å². The first kappa shape index (κ1) is 22.7. The maximum Gasteiger partial charge on any atom is 0.262 e. The standard InChI is InChI=1S/C20H19Cl3FN3O3/c21-9-16(28)27-11-19(30)5-6-20(24,14-2-1-7-25-17(14)19)18(29)26-10-12-3-4-13(22)8-15(12)23/h1-4,7-8,30H,5-6,9-11H2,(H,26,29)(H,27,28)/t19-,20+/m0/s1. The number of carbonyl (C=O) groups is 2. The Labute approximate surface area is 187 Å². The van der Waals surface area contributed by atoms with Crippen LogP contribution in [0.3, 0.4) is 0 Å². The zero-order valence-corrected chi connectivity index (χ0v) is 18.0. The SMILES string of the molecule is O=C(CCl)NC[C@@]1(O)CC[C@](F)(C(=O)NCc2ccc(Cl)cc2Cl)c2cccnc21. The number of alkyl halides is 2. The molecule has 0 fully saturated rings. The van der Waals surface area contributed by atoms with Gasteiger partial charge in [-0.1, -0.05) is 35.3 Å². The van der Waals surface area contributed by atoms with E-state index in [-0.39, 0.29) is 43.1 Å². The van der Waals surface area contributed by atoms with Crippen LogP contribution in [-0.2, 0) is 27.4 Å². The summed E-state index contributed by atoms with van der Waals surface area (Å²) in [5.41, 5.74) is -3.47. The quantitative estimate of drug-likeness (QED) is 0.561. The van der Waals surface area contributed by atoms with Crippen molar-refractivity contribution in [2.75, 3.05) is 12.4 Å². The van der Waals surface area contributed by atoms with Crippen molar-refractivity contribution in [1.82, 2.24) is 15.6 Å². The normalized spacial score (nSPS) is 22.8. The molecule has 0 saturated heterocycles.